The van der Waals surface area contributed by atoms with Gasteiger partial charge in [-0.05, 0) is 55.5 Å². The number of para-hydroxylation sites is 1. The second kappa shape index (κ2) is 9.10. The van der Waals surface area contributed by atoms with Gasteiger partial charge in [-0.3, -0.25) is 4.79 Å². The molecule has 0 radical (unpaired) electrons. The lowest BCUT2D eigenvalue weighted by molar-refractivity contribution is 0.0526. The molecule has 2 N–H and O–H groups in total. The van der Waals surface area contributed by atoms with Crippen LogP contribution in [0.1, 0.15) is 33.3 Å². The van der Waals surface area contributed by atoms with Crippen LogP contribution in [0.15, 0.2) is 60.7 Å². The number of hydrogen-bond acceptors (Lipinski definition) is 7. The molecule has 0 atom stereocenters. The molecule has 0 saturated heterocycles. The lowest BCUT2D eigenvalue weighted by atomic mass is 10.2. The van der Waals surface area contributed by atoms with Crippen molar-refractivity contribution in [3.8, 4) is 6.07 Å². The molecule has 1 aromatic heterocycles. The number of nitrogens with one attached hydrogen (secondary N) is 2. The maximum Gasteiger partial charge on any atom is 0.338 e. The molecule has 0 spiro atoms. The molecule has 0 saturated carbocycles. The molecular formula is C21H17N5O3. The molecule has 144 valence electrons. The number of anilines is 3. The topological polar surface area (TPSA) is 117 Å². The van der Waals surface area contributed by atoms with E-state index in [0.29, 0.717) is 34.9 Å². The summed E-state index contributed by atoms with van der Waals surface area (Å²) in [5.74, 6) is -0.453. The van der Waals surface area contributed by atoms with Gasteiger partial charge in [0.1, 0.15) is 6.07 Å². The first-order valence-corrected chi connectivity index (χ1v) is 8.79. The largest absolute Gasteiger partial charge is 0.462 e. The zero-order valence-corrected chi connectivity index (χ0v) is 15.5. The molecule has 0 aliphatic carbocycles. The predicted octanol–water partition coefficient (Wildman–Crippen LogP) is 3.52. The highest BCUT2D eigenvalue weighted by Crippen LogP contribution is 2.18. The molecule has 0 aliphatic heterocycles. The summed E-state index contributed by atoms with van der Waals surface area (Å²) in [5, 5.41) is 22.7. The fourth-order valence-corrected chi connectivity index (χ4v) is 2.45. The number of nitriles is 1. The Hall–Kier alpha value is -4.25. The molecule has 8 nitrogen and oxygen atoms in total. The zero-order chi connectivity index (χ0) is 20.6. The molecule has 2 aromatic carbocycles. The van der Waals surface area contributed by atoms with Gasteiger partial charge >= 0.3 is 5.97 Å². The van der Waals surface area contributed by atoms with Crippen molar-refractivity contribution >= 4 is 29.1 Å². The van der Waals surface area contributed by atoms with Gasteiger partial charge in [0.15, 0.2) is 11.5 Å². The van der Waals surface area contributed by atoms with Gasteiger partial charge in [-0.2, -0.15) is 5.26 Å². The molecule has 3 aromatic rings. The third-order valence-corrected chi connectivity index (χ3v) is 3.86. The van der Waals surface area contributed by atoms with Gasteiger partial charge < -0.3 is 15.4 Å². The lowest BCUT2D eigenvalue weighted by Crippen LogP contribution is -2.15. The van der Waals surface area contributed by atoms with Crippen LogP contribution in [0.2, 0.25) is 0 Å². The van der Waals surface area contributed by atoms with Crippen LogP contribution >= 0.6 is 0 Å². The number of rotatable bonds is 6. The number of esters is 1. The summed E-state index contributed by atoms with van der Waals surface area (Å²) < 4.78 is 4.92. The first-order chi connectivity index (χ1) is 14.1. The van der Waals surface area contributed by atoms with Crippen molar-refractivity contribution in [2.75, 3.05) is 17.2 Å². The van der Waals surface area contributed by atoms with Gasteiger partial charge in [0.05, 0.1) is 23.4 Å². The average molecular weight is 387 g/mol. The second-order valence-electron chi connectivity index (χ2n) is 5.84. The van der Waals surface area contributed by atoms with Crippen molar-refractivity contribution in [2.45, 2.75) is 6.92 Å². The van der Waals surface area contributed by atoms with E-state index in [0.717, 1.165) is 0 Å². The van der Waals surface area contributed by atoms with Gasteiger partial charge in [-0.1, -0.05) is 12.1 Å². The van der Waals surface area contributed by atoms with Crippen molar-refractivity contribution in [1.82, 2.24) is 10.2 Å². The van der Waals surface area contributed by atoms with Gasteiger partial charge in [0.2, 0.25) is 0 Å². The Kier molecular flexibility index (Phi) is 6.12. The van der Waals surface area contributed by atoms with Crippen LogP contribution in [-0.4, -0.2) is 28.7 Å². The first kappa shape index (κ1) is 19.5. The number of hydrogen-bond donors (Lipinski definition) is 2. The highest BCUT2D eigenvalue weighted by molar-refractivity contribution is 6.03. The highest BCUT2D eigenvalue weighted by Gasteiger charge is 2.11. The summed E-state index contributed by atoms with van der Waals surface area (Å²) in [6, 6.07) is 18.5. The highest BCUT2D eigenvalue weighted by atomic mass is 16.5. The van der Waals surface area contributed by atoms with Crippen molar-refractivity contribution in [3.05, 3.63) is 77.5 Å². The Morgan fingerprint density at radius 3 is 2.45 bits per heavy atom. The molecule has 8 heteroatoms. The minimum absolute atomic E-state index is 0.124. The summed E-state index contributed by atoms with van der Waals surface area (Å²) in [7, 11) is 0. The Balaban J connectivity index is 1.64. The van der Waals surface area contributed by atoms with E-state index in [1.807, 2.05) is 0 Å². The molecular weight excluding hydrogens is 370 g/mol. The third kappa shape index (κ3) is 4.93. The number of amides is 1. The molecule has 0 fully saturated rings. The second-order valence-corrected chi connectivity index (χ2v) is 5.84. The summed E-state index contributed by atoms with van der Waals surface area (Å²) >= 11 is 0. The van der Waals surface area contributed by atoms with Gasteiger partial charge in [-0.15, -0.1) is 10.2 Å². The number of carbonyl (C=O) groups is 2. The van der Waals surface area contributed by atoms with Gasteiger partial charge in [0.25, 0.3) is 5.91 Å². The third-order valence-electron chi connectivity index (χ3n) is 3.86. The van der Waals surface area contributed by atoms with Crippen molar-refractivity contribution in [3.63, 3.8) is 0 Å². The Morgan fingerprint density at radius 1 is 1.03 bits per heavy atom. The molecule has 0 bridgehead atoms. The van der Waals surface area contributed by atoms with Crippen LogP contribution in [0.3, 0.4) is 0 Å². The molecule has 3 rings (SSSR count). The SMILES string of the molecule is CCOC(=O)c1ccc(NC(=O)c2ccc(Nc3ccccc3C#N)nn2)cc1. The van der Waals surface area contributed by atoms with Gasteiger partial charge in [-0.25, -0.2) is 4.79 Å². The van der Waals surface area contributed by atoms with E-state index >= 15 is 0 Å². The van der Waals surface area contributed by atoms with E-state index in [1.54, 1.807) is 61.5 Å². The number of benzene rings is 2. The minimum atomic E-state index is -0.439. The number of aromatic nitrogens is 2. The molecule has 1 amide bonds. The number of carbonyl (C=O) groups excluding carboxylic acids is 2. The van der Waals surface area contributed by atoms with E-state index in [-0.39, 0.29) is 5.69 Å². The molecule has 1 heterocycles. The van der Waals surface area contributed by atoms with Crippen LogP contribution in [0.4, 0.5) is 17.2 Å². The minimum Gasteiger partial charge on any atom is -0.462 e. The maximum absolute atomic E-state index is 12.3. The summed E-state index contributed by atoms with van der Waals surface area (Å²) in [6.45, 7) is 2.03. The fraction of sp³-hybridized carbons (Fsp3) is 0.0952. The first-order valence-electron chi connectivity index (χ1n) is 8.79. The summed E-state index contributed by atoms with van der Waals surface area (Å²) in [4.78, 5) is 24.0. The van der Waals surface area contributed by atoms with E-state index in [2.05, 4.69) is 26.9 Å². The monoisotopic (exact) mass is 387 g/mol. The quantitative estimate of drug-likeness (QED) is 0.621. The average Bonchev–Trinajstić information content (AvgIpc) is 2.75. The Morgan fingerprint density at radius 2 is 1.79 bits per heavy atom. The molecule has 0 unspecified atom stereocenters. The summed E-state index contributed by atoms with van der Waals surface area (Å²) in [5.41, 5.74) is 2.11. The van der Waals surface area contributed by atoms with Crippen LogP contribution < -0.4 is 10.6 Å². The van der Waals surface area contributed by atoms with Crippen LogP contribution in [0.5, 0.6) is 0 Å². The maximum atomic E-state index is 12.3. The summed E-state index contributed by atoms with van der Waals surface area (Å²) in [6.07, 6.45) is 0. The zero-order valence-electron chi connectivity index (χ0n) is 15.5. The standard InChI is InChI=1S/C21H17N5O3/c1-2-29-21(28)14-7-9-16(10-8-14)23-20(27)18-11-12-19(26-25-18)24-17-6-4-3-5-15(17)13-22/h3-12H,2H2,1H3,(H,23,27)(H,24,26). The van der Waals surface area contributed by atoms with E-state index in [9.17, 15) is 9.59 Å². The number of nitrogens with zero attached hydrogens (tertiary/aromatic N) is 3. The van der Waals surface area contributed by atoms with Crippen molar-refractivity contribution in [1.29, 1.82) is 5.26 Å². The fourth-order valence-electron chi connectivity index (χ4n) is 2.45. The predicted molar refractivity (Wildman–Crippen MR) is 107 cm³/mol. The Labute approximate surface area is 167 Å². The number of ether oxygens (including phenoxy) is 1. The van der Waals surface area contributed by atoms with Crippen molar-refractivity contribution < 1.29 is 14.3 Å². The van der Waals surface area contributed by atoms with Crippen molar-refractivity contribution in [2.24, 2.45) is 0 Å². The van der Waals surface area contributed by atoms with E-state index < -0.39 is 11.9 Å². The molecule has 29 heavy (non-hydrogen) atoms. The smallest absolute Gasteiger partial charge is 0.338 e. The van der Waals surface area contributed by atoms with Crippen LogP contribution in [0.25, 0.3) is 0 Å². The normalized spacial score (nSPS) is 9.93. The Bertz CT molecular complexity index is 1060. The van der Waals surface area contributed by atoms with E-state index in [4.69, 9.17) is 10.00 Å². The van der Waals surface area contributed by atoms with Crippen LogP contribution in [-0.2, 0) is 4.74 Å². The van der Waals surface area contributed by atoms with E-state index in [1.165, 1.54) is 6.07 Å². The lowest BCUT2D eigenvalue weighted by Gasteiger charge is -2.08. The van der Waals surface area contributed by atoms with Crippen LogP contribution in [0, 0.1) is 11.3 Å². The molecule has 0 aliphatic rings. The van der Waals surface area contributed by atoms with Gasteiger partial charge in [0, 0.05) is 5.69 Å².